The highest BCUT2D eigenvalue weighted by Crippen LogP contribution is 2.27. The molecule has 0 heterocycles. The highest BCUT2D eigenvalue weighted by Gasteiger charge is 2.16. The van der Waals surface area contributed by atoms with E-state index in [2.05, 4.69) is 53.7 Å². The maximum atomic E-state index is 3.48. The minimum atomic E-state index is 0.211. The van der Waals surface area contributed by atoms with Crippen LogP contribution in [-0.2, 0) is 5.41 Å². The van der Waals surface area contributed by atoms with E-state index in [1.165, 1.54) is 22.3 Å². The fourth-order valence-corrected chi connectivity index (χ4v) is 1.67. The van der Waals surface area contributed by atoms with Crippen LogP contribution in [0.3, 0.4) is 0 Å². The Morgan fingerprint density at radius 3 is 2.00 bits per heavy atom. The Kier molecular flexibility index (Phi) is 2.51. The standard InChI is InChI=1S/C13H19/c1-9-7-11(3)12(8-10(9)2)13(4,5)6/h7H,1-6H3. The topological polar surface area (TPSA) is 0 Å². The van der Waals surface area contributed by atoms with E-state index in [1.54, 1.807) is 0 Å². The van der Waals surface area contributed by atoms with Gasteiger partial charge in [0.25, 0.3) is 0 Å². The van der Waals surface area contributed by atoms with Crippen LogP contribution in [0.5, 0.6) is 0 Å². The zero-order valence-corrected chi connectivity index (χ0v) is 9.58. The summed E-state index contributed by atoms with van der Waals surface area (Å²) in [5.41, 5.74) is 5.52. The Labute approximate surface area is 82.0 Å². The molecule has 0 atom stereocenters. The summed E-state index contributed by atoms with van der Waals surface area (Å²) in [5, 5.41) is 0. The molecule has 1 rings (SSSR count). The number of hydrogen-bond donors (Lipinski definition) is 0. The molecular weight excluding hydrogens is 156 g/mol. The van der Waals surface area contributed by atoms with Crippen molar-refractivity contribution in [3.05, 3.63) is 34.4 Å². The van der Waals surface area contributed by atoms with E-state index in [-0.39, 0.29) is 5.41 Å². The Hall–Kier alpha value is -0.780. The molecule has 71 valence electrons. The number of hydrogen-bond acceptors (Lipinski definition) is 0. The molecule has 0 saturated heterocycles. The van der Waals surface area contributed by atoms with Gasteiger partial charge in [0.15, 0.2) is 0 Å². The van der Waals surface area contributed by atoms with Gasteiger partial charge in [-0.05, 0) is 54.5 Å². The van der Waals surface area contributed by atoms with Crippen molar-refractivity contribution in [2.45, 2.75) is 47.0 Å². The molecule has 1 aromatic rings. The summed E-state index contributed by atoms with van der Waals surface area (Å²) in [4.78, 5) is 0. The minimum Gasteiger partial charge on any atom is -0.0560 e. The molecule has 0 bridgehead atoms. The molecule has 0 nitrogen and oxygen atoms in total. The molecule has 0 fully saturated rings. The average Bonchev–Trinajstić information content (AvgIpc) is 1.94. The van der Waals surface area contributed by atoms with Crippen LogP contribution in [0.15, 0.2) is 6.07 Å². The molecule has 0 aliphatic carbocycles. The zero-order chi connectivity index (χ0) is 10.2. The minimum absolute atomic E-state index is 0.211. The summed E-state index contributed by atoms with van der Waals surface area (Å²) >= 11 is 0. The van der Waals surface area contributed by atoms with Crippen LogP contribution in [0.4, 0.5) is 0 Å². The second kappa shape index (κ2) is 3.17. The van der Waals surface area contributed by atoms with Crippen molar-refractivity contribution in [1.82, 2.24) is 0 Å². The molecule has 0 aliphatic rings. The smallest absolute Gasteiger partial charge is 0.0106 e. The Balaban J connectivity index is 3.32. The van der Waals surface area contributed by atoms with E-state index in [9.17, 15) is 0 Å². The fraction of sp³-hybridized carbons (Fsp3) is 0.538. The van der Waals surface area contributed by atoms with E-state index < -0.39 is 0 Å². The number of aryl methyl sites for hydroxylation is 3. The molecule has 0 aliphatic heterocycles. The quantitative estimate of drug-likeness (QED) is 0.564. The van der Waals surface area contributed by atoms with Gasteiger partial charge in [-0.2, -0.15) is 0 Å². The van der Waals surface area contributed by atoms with Gasteiger partial charge < -0.3 is 0 Å². The molecule has 1 radical (unpaired) electrons. The lowest BCUT2D eigenvalue weighted by atomic mass is 9.82. The lowest BCUT2D eigenvalue weighted by Gasteiger charge is -2.22. The van der Waals surface area contributed by atoms with E-state index in [1.807, 2.05) is 0 Å². The molecule has 0 amide bonds. The van der Waals surface area contributed by atoms with Gasteiger partial charge in [0.1, 0.15) is 0 Å². The van der Waals surface area contributed by atoms with Crippen molar-refractivity contribution in [2.75, 3.05) is 0 Å². The summed E-state index contributed by atoms with van der Waals surface area (Å²) in [5.74, 6) is 0. The van der Waals surface area contributed by atoms with Crippen LogP contribution in [0.1, 0.15) is 43.0 Å². The van der Waals surface area contributed by atoms with Gasteiger partial charge in [0.05, 0.1) is 0 Å². The largest absolute Gasteiger partial charge is 0.0560 e. The molecule has 0 unspecified atom stereocenters. The van der Waals surface area contributed by atoms with Crippen molar-refractivity contribution in [3.8, 4) is 0 Å². The summed E-state index contributed by atoms with van der Waals surface area (Å²) in [6.07, 6.45) is 0. The van der Waals surface area contributed by atoms with Crippen molar-refractivity contribution < 1.29 is 0 Å². The molecule has 0 spiro atoms. The van der Waals surface area contributed by atoms with E-state index in [4.69, 9.17) is 0 Å². The summed E-state index contributed by atoms with van der Waals surface area (Å²) < 4.78 is 0. The van der Waals surface area contributed by atoms with Crippen molar-refractivity contribution in [2.24, 2.45) is 0 Å². The van der Waals surface area contributed by atoms with Crippen LogP contribution >= 0.6 is 0 Å². The predicted molar refractivity (Wildman–Crippen MR) is 58.2 cm³/mol. The van der Waals surface area contributed by atoms with Gasteiger partial charge in [-0.15, -0.1) is 0 Å². The molecule has 0 aromatic heterocycles. The Morgan fingerprint density at radius 2 is 1.54 bits per heavy atom. The van der Waals surface area contributed by atoms with Crippen LogP contribution in [0.2, 0.25) is 0 Å². The Bertz CT molecular complexity index is 314. The highest BCUT2D eigenvalue weighted by molar-refractivity contribution is 5.38. The third-order valence-electron chi connectivity index (χ3n) is 2.48. The van der Waals surface area contributed by atoms with Gasteiger partial charge in [-0.3, -0.25) is 0 Å². The van der Waals surface area contributed by atoms with Crippen molar-refractivity contribution in [1.29, 1.82) is 0 Å². The maximum Gasteiger partial charge on any atom is -0.0106 e. The SMILES string of the molecule is Cc1[c]c(C(C)(C)C)c(C)cc1C. The normalized spacial score (nSPS) is 11.8. The van der Waals surface area contributed by atoms with Gasteiger partial charge in [0, 0.05) is 0 Å². The van der Waals surface area contributed by atoms with E-state index in [0.29, 0.717) is 0 Å². The van der Waals surface area contributed by atoms with Crippen LogP contribution < -0.4 is 0 Å². The first-order valence-corrected chi connectivity index (χ1v) is 4.83. The lowest BCUT2D eigenvalue weighted by Crippen LogP contribution is -2.13. The molecular formula is C13H19. The maximum absolute atomic E-state index is 3.48. The molecule has 0 N–H and O–H groups in total. The van der Waals surface area contributed by atoms with Gasteiger partial charge in [0.2, 0.25) is 0 Å². The molecule has 1 aromatic carbocycles. The second-order valence-electron chi connectivity index (χ2n) is 4.89. The van der Waals surface area contributed by atoms with Crippen molar-refractivity contribution >= 4 is 0 Å². The average molecular weight is 175 g/mol. The Morgan fingerprint density at radius 1 is 1.00 bits per heavy atom. The fourth-order valence-electron chi connectivity index (χ4n) is 1.67. The summed E-state index contributed by atoms with van der Waals surface area (Å²) in [6.45, 7) is 13.2. The number of rotatable bonds is 0. The molecule has 13 heavy (non-hydrogen) atoms. The van der Waals surface area contributed by atoms with Crippen LogP contribution in [0.25, 0.3) is 0 Å². The third-order valence-corrected chi connectivity index (χ3v) is 2.48. The summed E-state index contributed by atoms with van der Waals surface area (Å²) in [7, 11) is 0. The third kappa shape index (κ3) is 2.12. The lowest BCUT2D eigenvalue weighted by molar-refractivity contribution is 0.584. The predicted octanol–water partition coefficient (Wildman–Crippen LogP) is 3.71. The second-order valence-corrected chi connectivity index (χ2v) is 4.89. The first-order chi connectivity index (χ1) is 5.82. The van der Waals surface area contributed by atoms with Crippen molar-refractivity contribution in [3.63, 3.8) is 0 Å². The highest BCUT2D eigenvalue weighted by atomic mass is 14.2. The molecule has 0 saturated carbocycles. The first-order valence-electron chi connectivity index (χ1n) is 4.83. The zero-order valence-electron chi connectivity index (χ0n) is 9.58. The van der Waals surface area contributed by atoms with E-state index in [0.717, 1.165) is 0 Å². The number of benzene rings is 1. The van der Waals surface area contributed by atoms with Gasteiger partial charge in [-0.1, -0.05) is 26.8 Å². The monoisotopic (exact) mass is 175 g/mol. The summed E-state index contributed by atoms with van der Waals surface area (Å²) in [6, 6.07) is 5.74. The molecule has 0 heteroatoms. The van der Waals surface area contributed by atoms with E-state index >= 15 is 0 Å². The first kappa shape index (κ1) is 10.3. The van der Waals surface area contributed by atoms with Crippen LogP contribution in [-0.4, -0.2) is 0 Å². The van der Waals surface area contributed by atoms with Gasteiger partial charge in [-0.25, -0.2) is 0 Å². The van der Waals surface area contributed by atoms with Crippen LogP contribution in [0, 0.1) is 26.8 Å². The van der Waals surface area contributed by atoms with Gasteiger partial charge >= 0.3 is 0 Å².